The second-order valence-electron chi connectivity index (χ2n) is 5.42. The summed E-state index contributed by atoms with van der Waals surface area (Å²) in [6.07, 6.45) is 6.86. The third-order valence-corrected chi connectivity index (χ3v) is 5.06. The first-order valence-electron chi connectivity index (χ1n) is 7.41. The minimum absolute atomic E-state index is 0.0335. The normalized spacial score (nSPS) is 11.2. The second-order valence-corrected chi connectivity index (χ2v) is 7.15. The molecular formula is C17H15N5O2S. The minimum Gasteiger partial charge on any atom is -0.275 e. The van der Waals surface area contributed by atoms with Crippen LogP contribution in [0.3, 0.4) is 0 Å². The number of pyridine rings is 1. The van der Waals surface area contributed by atoms with Crippen LogP contribution in [0.4, 0.5) is 0 Å². The number of nitrogens with one attached hydrogen (secondary N) is 1. The predicted octanol–water partition coefficient (Wildman–Crippen LogP) is 1.83. The van der Waals surface area contributed by atoms with Crippen molar-refractivity contribution < 1.29 is 8.42 Å². The first-order valence-corrected chi connectivity index (χ1v) is 8.89. The van der Waals surface area contributed by atoms with Crippen LogP contribution >= 0.6 is 0 Å². The van der Waals surface area contributed by atoms with Crippen LogP contribution in [0.25, 0.3) is 11.1 Å². The molecule has 0 aliphatic rings. The Morgan fingerprint density at radius 2 is 2.00 bits per heavy atom. The Balaban J connectivity index is 1.81. The Hall–Kier alpha value is -3.02. The summed E-state index contributed by atoms with van der Waals surface area (Å²) < 4.78 is 29.1. The van der Waals surface area contributed by atoms with Gasteiger partial charge in [0, 0.05) is 43.3 Å². The molecule has 0 unspecified atom stereocenters. The lowest BCUT2D eigenvalue weighted by atomic mass is 10.1. The van der Waals surface area contributed by atoms with Crippen LogP contribution in [-0.2, 0) is 23.6 Å². The first-order chi connectivity index (χ1) is 12.0. The predicted molar refractivity (Wildman–Crippen MR) is 91.6 cm³/mol. The number of aryl methyl sites for hydroxylation is 1. The van der Waals surface area contributed by atoms with E-state index in [1.165, 1.54) is 12.1 Å². The van der Waals surface area contributed by atoms with E-state index >= 15 is 0 Å². The quantitative estimate of drug-likeness (QED) is 0.754. The average molecular weight is 353 g/mol. The largest absolute Gasteiger partial charge is 0.275 e. The molecule has 8 heteroatoms. The lowest BCUT2D eigenvalue weighted by molar-refractivity contribution is 0.581. The molecule has 1 N–H and O–H groups in total. The summed E-state index contributed by atoms with van der Waals surface area (Å²) in [4.78, 5) is 4.12. The lowest BCUT2D eigenvalue weighted by Crippen LogP contribution is -2.24. The Bertz CT molecular complexity index is 1050. The summed E-state index contributed by atoms with van der Waals surface area (Å²) in [5, 5.41) is 13.2. The van der Waals surface area contributed by atoms with E-state index in [1.807, 2.05) is 25.4 Å². The van der Waals surface area contributed by atoms with Crippen LogP contribution < -0.4 is 4.72 Å². The molecule has 0 saturated heterocycles. The van der Waals surface area contributed by atoms with Crippen molar-refractivity contribution in [3.8, 4) is 17.2 Å². The monoisotopic (exact) mass is 353 g/mol. The van der Waals surface area contributed by atoms with Crippen molar-refractivity contribution in [3.63, 3.8) is 0 Å². The molecule has 3 aromatic rings. The van der Waals surface area contributed by atoms with Gasteiger partial charge >= 0.3 is 0 Å². The van der Waals surface area contributed by atoms with Crippen LogP contribution in [0.15, 0.2) is 60.0 Å². The molecular weight excluding hydrogens is 338 g/mol. The molecule has 0 amide bonds. The third kappa shape index (κ3) is 3.74. The summed E-state index contributed by atoms with van der Waals surface area (Å²) in [5.74, 6) is 0. The highest BCUT2D eigenvalue weighted by Crippen LogP contribution is 2.19. The Morgan fingerprint density at radius 1 is 1.20 bits per heavy atom. The summed E-state index contributed by atoms with van der Waals surface area (Å²) in [6, 6.07) is 9.83. The first kappa shape index (κ1) is 16.8. The molecule has 0 aliphatic carbocycles. The van der Waals surface area contributed by atoms with Crippen LogP contribution in [-0.4, -0.2) is 23.2 Å². The average Bonchev–Trinajstić information content (AvgIpc) is 3.07. The fourth-order valence-electron chi connectivity index (χ4n) is 2.36. The fraction of sp³-hybridized carbons (Fsp3) is 0.118. The number of nitriles is 1. The highest BCUT2D eigenvalue weighted by Gasteiger charge is 2.17. The molecule has 0 spiro atoms. The van der Waals surface area contributed by atoms with Gasteiger partial charge in [0.25, 0.3) is 0 Å². The van der Waals surface area contributed by atoms with Crippen LogP contribution in [0.2, 0.25) is 0 Å². The van der Waals surface area contributed by atoms with Gasteiger partial charge < -0.3 is 0 Å². The molecule has 25 heavy (non-hydrogen) atoms. The number of sulfonamides is 1. The van der Waals surface area contributed by atoms with Crippen molar-refractivity contribution in [1.82, 2.24) is 19.5 Å². The van der Waals surface area contributed by atoms with Gasteiger partial charge in [-0.3, -0.25) is 9.67 Å². The van der Waals surface area contributed by atoms with Crippen molar-refractivity contribution >= 4 is 10.0 Å². The summed E-state index contributed by atoms with van der Waals surface area (Å²) in [6.45, 7) is 0.0726. The Labute approximate surface area is 145 Å². The van der Waals surface area contributed by atoms with Crippen molar-refractivity contribution in [2.75, 3.05) is 0 Å². The highest BCUT2D eigenvalue weighted by molar-refractivity contribution is 7.89. The van der Waals surface area contributed by atoms with Crippen molar-refractivity contribution in [2.45, 2.75) is 11.4 Å². The molecule has 1 aromatic carbocycles. The van der Waals surface area contributed by atoms with Gasteiger partial charge in [-0.2, -0.15) is 10.4 Å². The number of benzene rings is 1. The molecule has 2 aromatic heterocycles. The van der Waals surface area contributed by atoms with Crippen LogP contribution in [0.1, 0.15) is 11.1 Å². The molecule has 126 valence electrons. The summed E-state index contributed by atoms with van der Waals surface area (Å²) in [5.41, 5.74) is 2.56. The molecule has 7 nitrogen and oxygen atoms in total. The van der Waals surface area contributed by atoms with E-state index in [0.717, 1.165) is 11.1 Å². The van der Waals surface area contributed by atoms with Gasteiger partial charge in [-0.05, 0) is 23.8 Å². The summed E-state index contributed by atoms with van der Waals surface area (Å²) >= 11 is 0. The van der Waals surface area contributed by atoms with E-state index in [0.29, 0.717) is 5.56 Å². The zero-order chi connectivity index (χ0) is 17.9. The lowest BCUT2D eigenvalue weighted by Gasteiger charge is -2.08. The number of hydrogen-bond donors (Lipinski definition) is 1. The minimum atomic E-state index is -3.79. The van der Waals surface area contributed by atoms with Gasteiger partial charge in [0.2, 0.25) is 10.0 Å². The molecule has 3 rings (SSSR count). The fourth-order valence-corrected chi connectivity index (χ4v) is 3.53. The maximum Gasteiger partial charge on any atom is 0.242 e. The molecule has 2 heterocycles. The smallest absolute Gasteiger partial charge is 0.242 e. The molecule has 0 radical (unpaired) electrons. The maximum atomic E-state index is 12.4. The van der Waals surface area contributed by atoms with Crippen molar-refractivity contribution in [2.24, 2.45) is 7.05 Å². The van der Waals surface area contributed by atoms with Gasteiger partial charge in [-0.25, -0.2) is 13.1 Å². The Kier molecular flexibility index (Phi) is 4.61. The molecule has 0 aliphatic heterocycles. The molecule has 0 atom stereocenters. The summed E-state index contributed by atoms with van der Waals surface area (Å²) in [7, 11) is -1.97. The third-order valence-electron chi connectivity index (χ3n) is 3.60. The van der Waals surface area contributed by atoms with Gasteiger partial charge in [0.1, 0.15) is 6.07 Å². The number of hydrogen-bond acceptors (Lipinski definition) is 5. The van der Waals surface area contributed by atoms with Crippen molar-refractivity contribution in [1.29, 1.82) is 5.26 Å². The van der Waals surface area contributed by atoms with E-state index < -0.39 is 10.0 Å². The number of rotatable bonds is 5. The zero-order valence-electron chi connectivity index (χ0n) is 13.4. The standard InChI is InChI=1S/C17H15N5O2S/c1-22-12-16(11-20-22)15-6-13(8-19-10-15)9-21-25(23,24)17-5-3-2-4-14(17)7-18/h2-6,8,10-12,21H,9H2,1H3. The zero-order valence-corrected chi connectivity index (χ0v) is 14.2. The molecule has 0 saturated carbocycles. The maximum absolute atomic E-state index is 12.4. The van der Waals surface area contributed by atoms with E-state index in [1.54, 1.807) is 35.4 Å². The Morgan fingerprint density at radius 3 is 2.72 bits per heavy atom. The van der Waals surface area contributed by atoms with Gasteiger partial charge in [-0.15, -0.1) is 0 Å². The SMILES string of the molecule is Cn1cc(-c2cncc(CNS(=O)(=O)c3ccccc3C#N)c2)cn1. The highest BCUT2D eigenvalue weighted by atomic mass is 32.2. The van der Waals surface area contributed by atoms with Crippen molar-refractivity contribution in [3.05, 3.63) is 66.2 Å². The number of aromatic nitrogens is 3. The molecule has 0 fully saturated rings. The van der Waals surface area contributed by atoms with Gasteiger partial charge in [0.15, 0.2) is 0 Å². The van der Waals surface area contributed by atoms with E-state index in [-0.39, 0.29) is 17.0 Å². The topological polar surface area (TPSA) is 101 Å². The van der Waals surface area contributed by atoms with Gasteiger partial charge in [0.05, 0.1) is 16.7 Å². The van der Waals surface area contributed by atoms with E-state index in [2.05, 4.69) is 14.8 Å². The van der Waals surface area contributed by atoms with Crippen LogP contribution in [0.5, 0.6) is 0 Å². The van der Waals surface area contributed by atoms with E-state index in [9.17, 15) is 8.42 Å². The van der Waals surface area contributed by atoms with Gasteiger partial charge in [-0.1, -0.05) is 12.1 Å². The van der Waals surface area contributed by atoms with Crippen LogP contribution in [0, 0.1) is 11.3 Å². The molecule has 0 bridgehead atoms. The second kappa shape index (κ2) is 6.84. The number of nitrogens with zero attached hydrogens (tertiary/aromatic N) is 4. The van der Waals surface area contributed by atoms with E-state index in [4.69, 9.17) is 5.26 Å².